The molecule has 0 bridgehead atoms. The van der Waals surface area contributed by atoms with Crippen LogP contribution in [0.3, 0.4) is 0 Å². The molecule has 0 radical (unpaired) electrons. The number of rotatable bonds is 1. The van der Waals surface area contributed by atoms with Crippen molar-refractivity contribution in [3.8, 4) is 0 Å². The number of H-pyrrole nitrogens is 1. The maximum absolute atomic E-state index is 12.4. The molecule has 1 aliphatic rings. The van der Waals surface area contributed by atoms with Gasteiger partial charge in [-0.3, -0.25) is 9.89 Å². The summed E-state index contributed by atoms with van der Waals surface area (Å²) in [5.41, 5.74) is 10.4. The molecule has 1 aliphatic heterocycles. The quantitative estimate of drug-likeness (QED) is 0.759. The number of fused-ring (bicyclic) bond motifs is 1. The molecule has 0 spiro atoms. The number of carbonyl (C=O) groups excluding carboxylic acids is 1. The third-order valence-corrected chi connectivity index (χ3v) is 3.59. The molecule has 3 rings (SSSR count). The SMILES string of the molecule is Cc1[nH]ncc1C(=O)N1CCc2ccc(N)cc2C1. The van der Waals surface area contributed by atoms with Crippen molar-refractivity contribution >= 4 is 11.6 Å². The van der Waals surface area contributed by atoms with Crippen LogP contribution >= 0.6 is 0 Å². The summed E-state index contributed by atoms with van der Waals surface area (Å²) in [6.45, 7) is 3.21. The summed E-state index contributed by atoms with van der Waals surface area (Å²) in [4.78, 5) is 14.3. The Hall–Kier alpha value is -2.30. The largest absolute Gasteiger partial charge is 0.399 e. The molecule has 1 aromatic heterocycles. The monoisotopic (exact) mass is 256 g/mol. The number of nitrogens with zero attached hydrogens (tertiary/aromatic N) is 2. The fourth-order valence-corrected chi connectivity index (χ4v) is 2.49. The molecule has 19 heavy (non-hydrogen) atoms. The molecule has 5 nitrogen and oxygen atoms in total. The molecule has 1 amide bonds. The standard InChI is InChI=1S/C14H16N4O/c1-9-13(7-16-17-9)14(19)18-5-4-10-2-3-12(15)6-11(10)8-18/h2-3,6-7H,4-5,8,15H2,1H3,(H,16,17). The molecular weight excluding hydrogens is 240 g/mol. The zero-order valence-electron chi connectivity index (χ0n) is 10.8. The number of benzene rings is 1. The first-order valence-electron chi connectivity index (χ1n) is 6.31. The van der Waals surface area contributed by atoms with Crippen LogP contribution < -0.4 is 5.73 Å². The van der Waals surface area contributed by atoms with Gasteiger partial charge in [0, 0.05) is 24.5 Å². The molecule has 2 aromatic rings. The number of nitrogen functional groups attached to an aromatic ring is 1. The van der Waals surface area contributed by atoms with Gasteiger partial charge in [-0.05, 0) is 36.6 Å². The van der Waals surface area contributed by atoms with E-state index in [-0.39, 0.29) is 5.91 Å². The zero-order chi connectivity index (χ0) is 13.4. The summed E-state index contributed by atoms with van der Waals surface area (Å²) in [5, 5.41) is 6.70. The van der Waals surface area contributed by atoms with E-state index >= 15 is 0 Å². The van der Waals surface area contributed by atoms with Crippen LogP contribution in [0.2, 0.25) is 0 Å². The fourth-order valence-electron chi connectivity index (χ4n) is 2.49. The first kappa shape index (κ1) is 11.8. The van der Waals surface area contributed by atoms with Gasteiger partial charge in [-0.2, -0.15) is 5.10 Å². The highest BCUT2D eigenvalue weighted by Gasteiger charge is 2.23. The highest BCUT2D eigenvalue weighted by atomic mass is 16.2. The highest BCUT2D eigenvalue weighted by molar-refractivity contribution is 5.95. The second-order valence-corrected chi connectivity index (χ2v) is 4.91. The van der Waals surface area contributed by atoms with Crippen molar-refractivity contribution in [2.75, 3.05) is 12.3 Å². The molecule has 0 saturated heterocycles. The van der Waals surface area contributed by atoms with E-state index in [9.17, 15) is 4.79 Å². The van der Waals surface area contributed by atoms with Gasteiger partial charge in [0.2, 0.25) is 0 Å². The van der Waals surface area contributed by atoms with Crippen molar-refractivity contribution in [3.05, 3.63) is 46.8 Å². The van der Waals surface area contributed by atoms with Crippen LogP contribution in [0.5, 0.6) is 0 Å². The Kier molecular flexibility index (Phi) is 2.74. The minimum Gasteiger partial charge on any atom is -0.399 e. The predicted molar refractivity (Wildman–Crippen MR) is 72.6 cm³/mol. The Labute approximate surface area is 111 Å². The normalized spacial score (nSPS) is 14.3. The average Bonchev–Trinajstić information content (AvgIpc) is 2.83. The molecule has 3 N–H and O–H groups in total. The maximum Gasteiger partial charge on any atom is 0.257 e. The molecule has 98 valence electrons. The van der Waals surface area contributed by atoms with Gasteiger partial charge in [-0.25, -0.2) is 0 Å². The molecule has 1 aromatic carbocycles. The number of amides is 1. The molecule has 0 saturated carbocycles. The van der Waals surface area contributed by atoms with Crippen LogP contribution in [0.4, 0.5) is 5.69 Å². The Morgan fingerprint density at radius 2 is 2.26 bits per heavy atom. The molecule has 0 unspecified atom stereocenters. The summed E-state index contributed by atoms with van der Waals surface area (Å²) in [7, 11) is 0. The van der Waals surface area contributed by atoms with E-state index in [0.717, 1.165) is 29.9 Å². The van der Waals surface area contributed by atoms with Gasteiger partial charge >= 0.3 is 0 Å². The molecule has 0 atom stereocenters. The van der Waals surface area contributed by atoms with Crippen molar-refractivity contribution in [2.45, 2.75) is 19.9 Å². The average molecular weight is 256 g/mol. The van der Waals surface area contributed by atoms with Gasteiger partial charge in [0.25, 0.3) is 5.91 Å². The number of carbonyl (C=O) groups is 1. The second-order valence-electron chi connectivity index (χ2n) is 4.91. The van der Waals surface area contributed by atoms with Crippen molar-refractivity contribution in [2.24, 2.45) is 0 Å². The second kappa shape index (κ2) is 4.42. The third kappa shape index (κ3) is 2.07. The van der Waals surface area contributed by atoms with E-state index in [1.807, 2.05) is 24.0 Å². The highest BCUT2D eigenvalue weighted by Crippen LogP contribution is 2.23. The van der Waals surface area contributed by atoms with Crippen LogP contribution in [0.25, 0.3) is 0 Å². The lowest BCUT2D eigenvalue weighted by atomic mass is 9.98. The van der Waals surface area contributed by atoms with Crippen LogP contribution in [0.1, 0.15) is 27.2 Å². The van der Waals surface area contributed by atoms with Crippen molar-refractivity contribution in [3.63, 3.8) is 0 Å². The van der Waals surface area contributed by atoms with Gasteiger partial charge in [0.15, 0.2) is 0 Å². The van der Waals surface area contributed by atoms with E-state index < -0.39 is 0 Å². The molecular formula is C14H16N4O. The Bertz CT molecular complexity index is 632. The Morgan fingerprint density at radius 1 is 1.42 bits per heavy atom. The number of nitrogens with two attached hydrogens (primary N) is 1. The van der Waals surface area contributed by atoms with Gasteiger partial charge in [0.1, 0.15) is 0 Å². The summed E-state index contributed by atoms with van der Waals surface area (Å²) < 4.78 is 0. The van der Waals surface area contributed by atoms with Crippen molar-refractivity contribution in [1.29, 1.82) is 0 Å². The first-order chi connectivity index (χ1) is 9.15. The van der Waals surface area contributed by atoms with E-state index in [1.165, 1.54) is 5.56 Å². The van der Waals surface area contributed by atoms with Gasteiger partial charge in [-0.1, -0.05) is 6.07 Å². The Balaban J connectivity index is 1.86. The zero-order valence-corrected chi connectivity index (χ0v) is 10.8. The first-order valence-corrected chi connectivity index (χ1v) is 6.31. The number of hydrogen-bond donors (Lipinski definition) is 2. The third-order valence-electron chi connectivity index (χ3n) is 3.59. The molecule has 0 aliphatic carbocycles. The van der Waals surface area contributed by atoms with Gasteiger partial charge < -0.3 is 10.6 Å². The lowest BCUT2D eigenvalue weighted by Gasteiger charge is -2.29. The number of aromatic nitrogens is 2. The van der Waals surface area contributed by atoms with Crippen LogP contribution in [0.15, 0.2) is 24.4 Å². The number of hydrogen-bond acceptors (Lipinski definition) is 3. The van der Waals surface area contributed by atoms with Crippen LogP contribution in [-0.4, -0.2) is 27.5 Å². The van der Waals surface area contributed by atoms with E-state index in [1.54, 1.807) is 6.20 Å². The number of anilines is 1. The van der Waals surface area contributed by atoms with Gasteiger partial charge in [-0.15, -0.1) is 0 Å². The Morgan fingerprint density at radius 3 is 3.00 bits per heavy atom. The molecule has 0 fully saturated rings. The van der Waals surface area contributed by atoms with E-state index in [4.69, 9.17) is 5.73 Å². The summed E-state index contributed by atoms with van der Waals surface area (Å²) in [5.74, 6) is 0.0272. The molecule has 5 heteroatoms. The lowest BCUT2D eigenvalue weighted by Crippen LogP contribution is -2.36. The minimum atomic E-state index is 0.0272. The predicted octanol–water partition coefficient (Wildman–Crippen LogP) is 1.50. The number of nitrogens with one attached hydrogen (secondary N) is 1. The lowest BCUT2D eigenvalue weighted by molar-refractivity contribution is 0.0734. The number of aryl methyl sites for hydroxylation is 1. The van der Waals surface area contributed by atoms with Crippen LogP contribution in [0, 0.1) is 6.92 Å². The number of aromatic amines is 1. The van der Waals surface area contributed by atoms with Crippen molar-refractivity contribution in [1.82, 2.24) is 15.1 Å². The van der Waals surface area contributed by atoms with E-state index in [0.29, 0.717) is 12.1 Å². The van der Waals surface area contributed by atoms with Crippen LogP contribution in [-0.2, 0) is 13.0 Å². The van der Waals surface area contributed by atoms with E-state index in [2.05, 4.69) is 16.3 Å². The molecule has 2 heterocycles. The topological polar surface area (TPSA) is 75.0 Å². The summed E-state index contributed by atoms with van der Waals surface area (Å²) >= 11 is 0. The minimum absolute atomic E-state index is 0.0272. The fraction of sp³-hybridized carbons (Fsp3) is 0.286. The van der Waals surface area contributed by atoms with Gasteiger partial charge in [0.05, 0.1) is 11.8 Å². The summed E-state index contributed by atoms with van der Waals surface area (Å²) in [6.07, 6.45) is 2.46. The van der Waals surface area contributed by atoms with Crippen molar-refractivity contribution < 1.29 is 4.79 Å². The maximum atomic E-state index is 12.4. The smallest absolute Gasteiger partial charge is 0.257 e. The summed E-state index contributed by atoms with van der Waals surface area (Å²) in [6, 6.07) is 5.92.